The van der Waals surface area contributed by atoms with E-state index in [0.29, 0.717) is 11.6 Å². The van der Waals surface area contributed by atoms with Crippen molar-refractivity contribution in [2.75, 3.05) is 4.90 Å². The fourth-order valence-electron chi connectivity index (χ4n) is 5.48. The Morgan fingerprint density at radius 3 is 1.74 bits per heavy atom. The fraction of sp³-hybridized carbons (Fsp3) is 0. The van der Waals surface area contributed by atoms with E-state index >= 15 is 0 Å². The highest BCUT2D eigenvalue weighted by molar-refractivity contribution is 6.34. The standard InChI is InChI=1S/C32H17N7/c33-16-20(17-34)15-21-7-8-25-26-9-10-28(39(29-11-13-35-18-37-29)30-12-14-36-19-38-30)27-6-2-5-24(32(26)27)23-4-1-3-22(21)31(23)25/h1-15,18-19H. The average molecular weight is 500 g/mol. The third kappa shape index (κ3) is 3.42. The molecule has 39 heavy (non-hydrogen) atoms. The number of nitrogens with zero attached hydrogens (tertiary/aromatic N) is 7. The first kappa shape index (κ1) is 22.3. The molecule has 7 rings (SSSR count). The third-order valence-corrected chi connectivity index (χ3v) is 7.04. The molecule has 0 aliphatic rings. The molecule has 0 atom stereocenters. The first-order valence-corrected chi connectivity index (χ1v) is 12.2. The van der Waals surface area contributed by atoms with Gasteiger partial charge in [-0.25, -0.2) is 19.9 Å². The monoisotopic (exact) mass is 499 g/mol. The summed E-state index contributed by atoms with van der Waals surface area (Å²) in [5.41, 5.74) is 1.86. The number of fused-ring (bicyclic) bond motifs is 2. The van der Waals surface area contributed by atoms with Gasteiger partial charge in [-0.3, -0.25) is 4.90 Å². The van der Waals surface area contributed by atoms with E-state index in [1.165, 1.54) is 12.7 Å². The molecule has 7 nitrogen and oxygen atoms in total. The molecule has 0 spiro atoms. The van der Waals surface area contributed by atoms with Gasteiger partial charge in [-0.05, 0) is 67.5 Å². The van der Waals surface area contributed by atoms with Crippen LogP contribution >= 0.6 is 0 Å². The first-order valence-electron chi connectivity index (χ1n) is 12.2. The topological polar surface area (TPSA) is 102 Å². The highest BCUT2D eigenvalue weighted by atomic mass is 15.2. The van der Waals surface area contributed by atoms with E-state index in [4.69, 9.17) is 0 Å². The van der Waals surface area contributed by atoms with Crippen molar-refractivity contribution < 1.29 is 0 Å². The van der Waals surface area contributed by atoms with Gasteiger partial charge in [0.15, 0.2) is 0 Å². The Labute approximate surface area is 222 Å². The predicted molar refractivity (Wildman–Crippen MR) is 153 cm³/mol. The molecule has 7 heteroatoms. The van der Waals surface area contributed by atoms with Crippen LogP contribution in [0.15, 0.2) is 103 Å². The van der Waals surface area contributed by atoms with Crippen molar-refractivity contribution in [2.45, 2.75) is 0 Å². The van der Waals surface area contributed by atoms with Crippen LogP contribution in [0, 0.1) is 22.7 Å². The highest BCUT2D eigenvalue weighted by Crippen LogP contribution is 2.45. The summed E-state index contributed by atoms with van der Waals surface area (Å²) in [6.07, 6.45) is 8.15. The molecule has 0 saturated carbocycles. The minimum atomic E-state index is 0.0770. The Bertz CT molecular complexity index is 2060. The van der Waals surface area contributed by atoms with Crippen LogP contribution < -0.4 is 4.90 Å². The maximum absolute atomic E-state index is 9.33. The second-order valence-corrected chi connectivity index (χ2v) is 9.04. The molecule has 0 bridgehead atoms. The van der Waals surface area contributed by atoms with E-state index in [9.17, 15) is 10.5 Å². The van der Waals surface area contributed by atoms with E-state index in [1.807, 2.05) is 47.4 Å². The van der Waals surface area contributed by atoms with Crippen molar-refractivity contribution in [1.82, 2.24) is 19.9 Å². The second-order valence-electron chi connectivity index (χ2n) is 9.04. The van der Waals surface area contributed by atoms with E-state index in [1.54, 1.807) is 18.5 Å². The summed E-state index contributed by atoms with van der Waals surface area (Å²) in [4.78, 5) is 19.3. The number of hydrogen-bond donors (Lipinski definition) is 0. The molecular formula is C32H17N7. The van der Waals surface area contributed by atoms with Crippen LogP contribution in [0.2, 0.25) is 0 Å². The number of nitriles is 2. The van der Waals surface area contributed by atoms with Gasteiger partial charge in [0.25, 0.3) is 0 Å². The van der Waals surface area contributed by atoms with Crippen molar-refractivity contribution in [1.29, 1.82) is 10.5 Å². The number of hydrogen-bond acceptors (Lipinski definition) is 7. The Morgan fingerprint density at radius 1 is 0.615 bits per heavy atom. The lowest BCUT2D eigenvalue weighted by molar-refractivity contribution is 1.07. The SMILES string of the molecule is N#CC(C#N)=Cc1ccc2c3ccc(N(c4ccncn4)c4ccncn4)c4cccc(c5cccc1c52)c43. The zero-order valence-electron chi connectivity index (χ0n) is 20.4. The van der Waals surface area contributed by atoms with E-state index in [-0.39, 0.29) is 5.57 Å². The lowest BCUT2D eigenvalue weighted by atomic mass is 9.87. The molecule has 2 aromatic heterocycles. The Kier molecular flexibility index (Phi) is 5.07. The molecule has 0 unspecified atom stereocenters. The van der Waals surface area contributed by atoms with Crippen LogP contribution in [0.3, 0.4) is 0 Å². The molecule has 180 valence electrons. The molecule has 0 amide bonds. The summed E-state index contributed by atoms with van der Waals surface area (Å²) >= 11 is 0. The first-order chi connectivity index (χ1) is 19.3. The van der Waals surface area contributed by atoms with Gasteiger partial charge < -0.3 is 0 Å². The smallest absolute Gasteiger partial charge is 0.142 e. The third-order valence-electron chi connectivity index (χ3n) is 7.04. The molecule has 0 aliphatic carbocycles. The lowest BCUT2D eigenvalue weighted by Gasteiger charge is -2.25. The van der Waals surface area contributed by atoms with Crippen molar-refractivity contribution >= 4 is 66.5 Å². The van der Waals surface area contributed by atoms with Gasteiger partial charge in [-0.2, -0.15) is 10.5 Å². The van der Waals surface area contributed by atoms with Crippen LogP contribution in [0.25, 0.3) is 49.2 Å². The summed E-state index contributed by atoms with van der Waals surface area (Å²) in [7, 11) is 0. The summed E-state index contributed by atoms with van der Waals surface area (Å²) < 4.78 is 0. The van der Waals surface area contributed by atoms with Gasteiger partial charge in [0.05, 0.1) is 5.69 Å². The summed E-state index contributed by atoms with van der Waals surface area (Å²) in [6, 6.07) is 28.5. The predicted octanol–water partition coefficient (Wildman–Crippen LogP) is 7.22. The van der Waals surface area contributed by atoms with Crippen molar-refractivity contribution in [3.8, 4) is 12.1 Å². The van der Waals surface area contributed by atoms with Gasteiger partial charge in [-0.15, -0.1) is 0 Å². The summed E-state index contributed by atoms with van der Waals surface area (Å²) in [5, 5.41) is 27.4. The number of rotatable bonds is 4. The quantitative estimate of drug-likeness (QED) is 0.143. The molecule has 7 aromatic rings. The minimum Gasteiger partial charge on any atom is -0.278 e. The molecule has 0 saturated heterocycles. The second kappa shape index (κ2) is 8.88. The normalized spacial score (nSPS) is 11.0. The number of benzene rings is 5. The Balaban J connectivity index is 1.58. The van der Waals surface area contributed by atoms with Gasteiger partial charge >= 0.3 is 0 Å². The summed E-state index contributed by atoms with van der Waals surface area (Å²) in [5.74, 6) is 1.40. The van der Waals surface area contributed by atoms with Crippen LogP contribution in [-0.4, -0.2) is 19.9 Å². The maximum Gasteiger partial charge on any atom is 0.142 e. The van der Waals surface area contributed by atoms with Crippen LogP contribution in [0.5, 0.6) is 0 Å². The van der Waals surface area contributed by atoms with E-state index < -0.39 is 0 Å². The number of anilines is 3. The van der Waals surface area contributed by atoms with E-state index in [0.717, 1.165) is 54.3 Å². The molecule has 0 aliphatic heterocycles. The van der Waals surface area contributed by atoms with Gasteiger partial charge in [0.1, 0.15) is 42.0 Å². The molecular weight excluding hydrogens is 482 g/mol. The molecule has 2 heterocycles. The van der Waals surface area contributed by atoms with Crippen LogP contribution in [-0.2, 0) is 0 Å². The maximum atomic E-state index is 9.33. The zero-order chi connectivity index (χ0) is 26.3. The molecule has 0 N–H and O–H groups in total. The molecule has 5 aromatic carbocycles. The average Bonchev–Trinajstić information content (AvgIpc) is 3.00. The fourth-order valence-corrected chi connectivity index (χ4v) is 5.48. The number of allylic oxidation sites excluding steroid dienone is 1. The molecule has 0 radical (unpaired) electrons. The molecule has 0 fully saturated rings. The Hall–Kier alpha value is -5.92. The summed E-state index contributed by atoms with van der Waals surface area (Å²) in [6.45, 7) is 0. The van der Waals surface area contributed by atoms with Crippen molar-refractivity contribution in [3.05, 3.63) is 109 Å². The van der Waals surface area contributed by atoms with Crippen LogP contribution in [0.1, 0.15) is 5.56 Å². The minimum absolute atomic E-state index is 0.0770. The van der Waals surface area contributed by atoms with Crippen LogP contribution in [0.4, 0.5) is 17.3 Å². The van der Waals surface area contributed by atoms with Gasteiger partial charge in [0, 0.05) is 17.8 Å². The van der Waals surface area contributed by atoms with E-state index in [2.05, 4.69) is 62.4 Å². The Morgan fingerprint density at radius 2 is 1.15 bits per heavy atom. The lowest BCUT2D eigenvalue weighted by Crippen LogP contribution is -2.13. The van der Waals surface area contributed by atoms with Gasteiger partial charge in [0.2, 0.25) is 0 Å². The highest BCUT2D eigenvalue weighted by Gasteiger charge is 2.21. The zero-order valence-corrected chi connectivity index (χ0v) is 20.4. The number of aromatic nitrogens is 4. The largest absolute Gasteiger partial charge is 0.278 e. The van der Waals surface area contributed by atoms with Crippen molar-refractivity contribution in [3.63, 3.8) is 0 Å². The van der Waals surface area contributed by atoms with Crippen molar-refractivity contribution in [2.24, 2.45) is 0 Å². The van der Waals surface area contributed by atoms with Gasteiger partial charge in [-0.1, -0.05) is 54.6 Å².